The van der Waals surface area contributed by atoms with Crippen LogP contribution in [0.2, 0.25) is 0 Å². The zero-order valence-corrected chi connectivity index (χ0v) is 10.2. The van der Waals surface area contributed by atoms with Gasteiger partial charge in [-0.15, -0.1) is 0 Å². The number of hydrogen-bond donors (Lipinski definition) is 1. The summed E-state index contributed by atoms with van der Waals surface area (Å²) >= 11 is 0. The van der Waals surface area contributed by atoms with Gasteiger partial charge in [-0.25, -0.2) is 8.42 Å². The number of carbonyl (C=O) groups is 1. The first kappa shape index (κ1) is 13.0. The Labute approximate surface area is 94.8 Å². The summed E-state index contributed by atoms with van der Waals surface area (Å²) in [6, 6.07) is 0. The molecule has 1 amide bonds. The Bertz CT molecular complexity index is 392. The minimum atomic E-state index is -3.34. The highest BCUT2D eigenvalue weighted by molar-refractivity contribution is 7.92. The lowest BCUT2D eigenvalue weighted by Gasteiger charge is -2.29. The number of amides is 1. The number of piperidine rings is 1. The standard InChI is InChI=1S/C9H16N2O4S/c1-7(16(2,14)15)9(12)11-5-3-8(10-13)4-6-11/h7,13H,3-6H2,1-2H3. The molecule has 1 rings (SSSR count). The van der Waals surface area contributed by atoms with E-state index in [1.54, 1.807) is 0 Å². The molecule has 92 valence electrons. The average Bonchev–Trinajstić information content (AvgIpc) is 2.26. The smallest absolute Gasteiger partial charge is 0.240 e. The van der Waals surface area contributed by atoms with Crippen LogP contribution in [0.15, 0.2) is 5.16 Å². The fourth-order valence-corrected chi connectivity index (χ4v) is 2.04. The number of sulfone groups is 1. The molecular weight excluding hydrogens is 232 g/mol. The molecule has 0 radical (unpaired) electrons. The van der Waals surface area contributed by atoms with Crippen LogP contribution in [0.5, 0.6) is 0 Å². The van der Waals surface area contributed by atoms with E-state index < -0.39 is 15.1 Å². The fourth-order valence-electron chi connectivity index (χ4n) is 1.53. The topological polar surface area (TPSA) is 87.0 Å². The summed E-state index contributed by atoms with van der Waals surface area (Å²) in [5, 5.41) is 10.6. The second kappa shape index (κ2) is 4.82. The first-order valence-corrected chi connectivity index (χ1v) is 6.99. The lowest BCUT2D eigenvalue weighted by Crippen LogP contribution is -2.45. The molecule has 1 aliphatic rings. The van der Waals surface area contributed by atoms with Crippen molar-refractivity contribution in [2.75, 3.05) is 19.3 Å². The normalized spacial score (nSPS) is 19.4. The van der Waals surface area contributed by atoms with Crippen LogP contribution in [0.3, 0.4) is 0 Å². The second-order valence-corrected chi connectivity index (χ2v) is 6.33. The van der Waals surface area contributed by atoms with Gasteiger partial charge in [0.2, 0.25) is 5.91 Å². The Hall–Kier alpha value is -1.11. The molecule has 7 heteroatoms. The van der Waals surface area contributed by atoms with Gasteiger partial charge in [0.05, 0.1) is 5.71 Å². The van der Waals surface area contributed by atoms with E-state index >= 15 is 0 Å². The van der Waals surface area contributed by atoms with Gasteiger partial charge < -0.3 is 10.1 Å². The SMILES string of the molecule is CC(C(=O)N1CCC(=NO)CC1)S(C)(=O)=O. The number of likely N-dealkylation sites (tertiary alicyclic amines) is 1. The number of nitrogens with zero attached hydrogens (tertiary/aromatic N) is 2. The summed E-state index contributed by atoms with van der Waals surface area (Å²) in [5.74, 6) is -0.375. The van der Waals surface area contributed by atoms with Gasteiger partial charge in [-0.05, 0) is 6.92 Å². The molecule has 1 unspecified atom stereocenters. The quantitative estimate of drug-likeness (QED) is 0.545. The Morgan fingerprint density at radius 1 is 1.44 bits per heavy atom. The van der Waals surface area contributed by atoms with Gasteiger partial charge >= 0.3 is 0 Å². The van der Waals surface area contributed by atoms with E-state index in [4.69, 9.17) is 5.21 Å². The molecule has 1 saturated heterocycles. The Kier molecular flexibility index (Phi) is 3.90. The Morgan fingerprint density at radius 3 is 2.31 bits per heavy atom. The highest BCUT2D eigenvalue weighted by Gasteiger charge is 2.29. The third kappa shape index (κ3) is 2.94. The molecule has 0 aromatic heterocycles. The van der Waals surface area contributed by atoms with Crippen molar-refractivity contribution in [3.63, 3.8) is 0 Å². The molecule has 1 fully saturated rings. The predicted octanol–water partition coefficient (Wildman–Crippen LogP) is -0.128. The van der Waals surface area contributed by atoms with Gasteiger partial charge in [-0.2, -0.15) is 0 Å². The first-order chi connectivity index (χ1) is 7.36. The van der Waals surface area contributed by atoms with Crippen LogP contribution < -0.4 is 0 Å². The molecular formula is C9H16N2O4S. The number of hydrogen-bond acceptors (Lipinski definition) is 5. The van der Waals surface area contributed by atoms with E-state index in [0.717, 1.165) is 6.26 Å². The molecule has 1 heterocycles. The summed E-state index contributed by atoms with van der Waals surface area (Å²) in [7, 11) is -3.34. The maximum absolute atomic E-state index is 11.8. The molecule has 1 atom stereocenters. The number of rotatable bonds is 2. The molecule has 0 aromatic rings. The van der Waals surface area contributed by atoms with E-state index in [1.807, 2.05) is 0 Å². The summed E-state index contributed by atoms with van der Waals surface area (Å²) < 4.78 is 22.4. The molecule has 16 heavy (non-hydrogen) atoms. The third-order valence-electron chi connectivity index (χ3n) is 2.78. The van der Waals surface area contributed by atoms with E-state index in [-0.39, 0.29) is 5.91 Å². The van der Waals surface area contributed by atoms with Gasteiger partial charge in [-0.1, -0.05) is 5.16 Å². The molecule has 1 aliphatic heterocycles. The van der Waals surface area contributed by atoms with Crippen LogP contribution in [0.4, 0.5) is 0 Å². The highest BCUT2D eigenvalue weighted by Crippen LogP contribution is 2.11. The van der Waals surface area contributed by atoms with Gasteiger partial charge in [0, 0.05) is 32.2 Å². The summed E-state index contributed by atoms with van der Waals surface area (Å²) in [6.07, 6.45) is 2.05. The fraction of sp³-hybridized carbons (Fsp3) is 0.778. The zero-order chi connectivity index (χ0) is 12.3. The summed E-state index contributed by atoms with van der Waals surface area (Å²) in [4.78, 5) is 13.3. The maximum Gasteiger partial charge on any atom is 0.240 e. The van der Waals surface area contributed by atoms with Gasteiger partial charge in [-0.3, -0.25) is 4.79 Å². The minimum Gasteiger partial charge on any atom is -0.411 e. The van der Waals surface area contributed by atoms with Gasteiger partial charge in [0.25, 0.3) is 0 Å². The van der Waals surface area contributed by atoms with Crippen LogP contribution in [0.1, 0.15) is 19.8 Å². The van der Waals surface area contributed by atoms with Crippen molar-refractivity contribution in [2.45, 2.75) is 25.0 Å². The van der Waals surface area contributed by atoms with Crippen LogP contribution >= 0.6 is 0 Å². The highest BCUT2D eigenvalue weighted by atomic mass is 32.2. The summed E-state index contributed by atoms with van der Waals surface area (Å²) in [5.41, 5.74) is 0.649. The predicted molar refractivity (Wildman–Crippen MR) is 59.3 cm³/mol. The molecule has 0 aliphatic carbocycles. The molecule has 0 aromatic carbocycles. The van der Waals surface area contributed by atoms with Crippen molar-refractivity contribution in [2.24, 2.45) is 5.16 Å². The van der Waals surface area contributed by atoms with E-state index in [0.29, 0.717) is 31.6 Å². The van der Waals surface area contributed by atoms with Crippen molar-refractivity contribution < 1.29 is 18.4 Å². The van der Waals surface area contributed by atoms with Crippen molar-refractivity contribution in [1.29, 1.82) is 0 Å². The van der Waals surface area contributed by atoms with Gasteiger partial charge in [0.1, 0.15) is 5.25 Å². The third-order valence-corrected chi connectivity index (χ3v) is 4.27. The lowest BCUT2D eigenvalue weighted by molar-refractivity contribution is -0.130. The molecule has 6 nitrogen and oxygen atoms in total. The van der Waals surface area contributed by atoms with Crippen molar-refractivity contribution in [1.82, 2.24) is 4.90 Å². The van der Waals surface area contributed by atoms with Crippen molar-refractivity contribution >= 4 is 21.5 Å². The van der Waals surface area contributed by atoms with E-state index in [1.165, 1.54) is 11.8 Å². The maximum atomic E-state index is 11.8. The van der Waals surface area contributed by atoms with Gasteiger partial charge in [0.15, 0.2) is 9.84 Å². The zero-order valence-electron chi connectivity index (χ0n) is 9.38. The monoisotopic (exact) mass is 248 g/mol. The van der Waals surface area contributed by atoms with Crippen LogP contribution in [-0.2, 0) is 14.6 Å². The second-order valence-electron chi connectivity index (χ2n) is 3.96. The Morgan fingerprint density at radius 2 is 1.94 bits per heavy atom. The molecule has 1 N–H and O–H groups in total. The van der Waals surface area contributed by atoms with Crippen molar-refractivity contribution in [3.05, 3.63) is 0 Å². The summed E-state index contributed by atoms with van der Waals surface area (Å²) in [6.45, 7) is 2.23. The van der Waals surface area contributed by atoms with Crippen LogP contribution in [0.25, 0.3) is 0 Å². The molecule has 0 spiro atoms. The van der Waals surface area contributed by atoms with E-state index in [9.17, 15) is 13.2 Å². The number of oxime groups is 1. The lowest BCUT2D eigenvalue weighted by atomic mass is 10.1. The first-order valence-electron chi connectivity index (χ1n) is 5.03. The van der Waals surface area contributed by atoms with Crippen LogP contribution in [-0.4, -0.2) is 54.7 Å². The largest absolute Gasteiger partial charge is 0.411 e. The Balaban J connectivity index is 2.64. The van der Waals surface area contributed by atoms with Crippen LogP contribution in [0, 0.1) is 0 Å². The number of carbonyl (C=O) groups excluding carboxylic acids is 1. The molecule has 0 saturated carbocycles. The minimum absolute atomic E-state index is 0.375. The van der Waals surface area contributed by atoms with Crippen molar-refractivity contribution in [3.8, 4) is 0 Å². The van der Waals surface area contributed by atoms with E-state index in [2.05, 4.69) is 5.16 Å². The average molecular weight is 248 g/mol. The molecule has 0 bridgehead atoms.